The molecule has 0 aromatic carbocycles. The summed E-state index contributed by atoms with van der Waals surface area (Å²) in [6.07, 6.45) is 51.8. The summed E-state index contributed by atoms with van der Waals surface area (Å²) in [5.41, 5.74) is 0. The second kappa shape index (κ2) is 42.6. The van der Waals surface area contributed by atoms with Crippen LogP contribution >= 0.6 is 0 Å². The van der Waals surface area contributed by atoms with Crippen LogP contribution in [0.2, 0.25) is 0 Å². The van der Waals surface area contributed by atoms with Crippen LogP contribution in [-0.4, -0.2) is 37.2 Å². The SMILES string of the molecule is CC/C=C\C/C=C\C/C=C\C/C=C\CCC(=O)OCC(COC(=O)CCCCCCCCCCCC)OC(=O)CCCCCCC/C=C\C/C=C\CCC. The molecule has 0 saturated carbocycles. The van der Waals surface area contributed by atoms with Gasteiger partial charge in [-0.3, -0.25) is 14.4 Å². The molecule has 0 saturated heterocycles. The van der Waals surface area contributed by atoms with Gasteiger partial charge in [-0.2, -0.15) is 0 Å². The largest absolute Gasteiger partial charge is 0.462 e. The zero-order chi connectivity index (χ0) is 39.4. The van der Waals surface area contributed by atoms with Crippen LogP contribution in [0, 0.1) is 0 Å². The zero-order valence-corrected chi connectivity index (χ0v) is 35.0. The first kappa shape index (κ1) is 50.9. The molecule has 0 bridgehead atoms. The van der Waals surface area contributed by atoms with Crippen molar-refractivity contribution in [3.8, 4) is 0 Å². The van der Waals surface area contributed by atoms with Crippen molar-refractivity contribution in [1.29, 1.82) is 0 Å². The Morgan fingerprint density at radius 2 is 0.796 bits per heavy atom. The minimum absolute atomic E-state index is 0.103. The molecule has 6 heteroatoms. The second-order valence-electron chi connectivity index (χ2n) is 14.2. The van der Waals surface area contributed by atoms with E-state index in [-0.39, 0.29) is 37.5 Å². The molecular formula is C48H80O6. The van der Waals surface area contributed by atoms with E-state index in [1.165, 1.54) is 51.4 Å². The Labute approximate surface area is 332 Å². The van der Waals surface area contributed by atoms with Crippen molar-refractivity contribution in [2.45, 2.75) is 200 Å². The van der Waals surface area contributed by atoms with Gasteiger partial charge in [-0.15, -0.1) is 0 Å². The minimum Gasteiger partial charge on any atom is -0.462 e. The first-order valence-electron chi connectivity index (χ1n) is 21.9. The van der Waals surface area contributed by atoms with Crippen LogP contribution in [-0.2, 0) is 28.6 Å². The topological polar surface area (TPSA) is 78.9 Å². The van der Waals surface area contributed by atoms with Crippen LogP contribution in [0.5, 0.6) is 0 Å². The van der Waals surface area contributed by atoms with Crippen LogP contribution in [0.15, 0.2) is 72.9 Å². The normalized spacial score (nSPS) is 12.7. The number of allylic oxidation sites excluding steroid dienone is 12. The summed E-state index contributed by atoms with van der Waals surface area (Å²) in [7, 11) is 0. The van der Waals surface area contributed by atoms with Gasteiger partial charge in [0.05, 0.1) is 0 Å². The van der Waals surface area contributed by atoms with Crippen molar-refractivity contribution < 1.29 is 28.6 Å². The molecule has 308 valence electrons. The number of carbonyl (C=O) groups is 3. The molecule has 0 heterocycles. The number of unbranched alkanes of at least 4 members (excludes halogenated alkanes) is 15. The van der Waals surface area contributed by atoms with Gasteiger partial charge in [0.2, 0.25) is 0 Å². The molecular weight excluding hydrogens is 673 g/mol. The monoisotopic (exact) mass is 753 g/mol. The van der Waals surface area contributed by atoms with Crippen molar-refractivity contribution in [3.63, 3.8) is 0 Å². The quantitative estimate of drug-likeness (QED) is 0.0270. The Bertz CT molecular complexity index is 1050. The lowest BCUT2D eigenvalue weighted by atomic mass is 10.1. The third kappa shape index (κ3) is 40.0. The summed E-state index contributed by atoms with van der Waals surface area (Å²) in [6, 6.07) is 0. The van der Waals surface area contributed by atoms with Gasteiger partial charge in [0.15, 0.2) is 6.10 Å². The molecule has 6 nitrogen and oxygen atoms in total. The van der Waals surface area contributed by atoms with E-state index in [0.717, 1.165) is 96.3 Å². The van der Waals surface area contributed by atoms with Gasteiger partial charge >= 0.3 is 17.9 Å². The molecule has 0 aromatic rings. The van der Waals surface area contributed by atoms with Gasteiger partial charge < -0.3 is 14.2 Å². The van der Waals surface area contributed by atoms with E-state index in [1.54, 1.807) is 0 Å². The summed E-state index contributed by atoms with van der Waals surface area (Å²) in [5.74, 6) is -1.01. The molecule has 0 aliphatic rings. The van der Waals surface area contributed by atoms with Crippen LogP contribution in [0.4, 0.5) is 0 Å². The molecule has 0 N–H and O–H groups in total. The van der Waals surface area contributed by atoms with Gasteiger partial charge in [-0.1, -0.05) is 177 Å². The first-order valence-corrected chi connectivity index (χ1v) is 21.9. The van der Waals surface area contributed by atoms with E-state index in [0.29, 0.717) is 19.3 Å². The summed E-state index contributed by atoms with van der Waals surface area (Å²) >= 11 is 0. The van der Waals surface area contributed by atoms with Gasteiger partial charge in [0.1, 0.15) is 13.2 Å². The zero-order valence-electron chi connectivity index (χ0n) is 35.0. The Hall–Kier alpha value is -3.15. The molecule has 0 spiro atoms. The lowest BCUT2D eigenvalue weighted by Crippen LogP contribution is -2.30. The second-order valence-corrected chi connectivity index (χ2v) is 14.2. The standard InChI is InChI=1S/C48H80O6/c1-4-7-10-13-16-19-22-24-26-29-32-35-38-41-47(50)53-44-45(43-52-46(49)40-37-34-31-28-21-18-15-12-9-6-3)54-48(51)42-39-36-33-30-27-25-23-20-17-14-11-8-5-2/h7,10-11,14,16,19-20,23-24,26,32,35,45H,4-6,8-9,12-13,15,17-18,21-22,25,27-31,33-34,36-44H2,1-3H3/b10-7-,14-11-,19-16-,23-20-,26-24-,35-32-. The summed E-state index contributed by atoms with van der Waals surface area (Å²) in [4.78, 5) is 37.6. The highest BCUT2D eigenvalue weighted by Crippen LogP contribution is 2.13. The van der Waals surface area contributed by atoms with Crippen LogP contribution < -0.4 is 0 Å². The molecule has 1 unspecified atom stereocenters. The van der Waals surface area contributed by atoms with Crippen LogP contribution in [0.1, 0.15) is 194 Å². The molecule has 1 atom stereocenters. The molecule has 54 heavy (non-hydrogen) atoms. The van der Waals surface area contributed by atoms with E-state index in [4.69, 9.17) is 14.2 Å². The molecule has 0 fully saturated rings. The fraction of sp³-hybridized carbons (Fsp3) is 0.688. The average molecular weight is 753 g/mol. The number of carbonyl (C=O) groups excluding carboxylic acids is 3. The lowest BCUT2D eigenvalue weighted by molar-refractivity contribution is -0.166. The highest BCUT2D eigenvalue weighted by molar-refractivity contribution is 5.71. The first-order chi connectivity index (χ1) is 26.5. The number of hydrogen-bond donors (Lipinski definition) is 0. The molecule has 0 aromatic heterocycles. The van der Waals surface area contributed by atoms with E-state index in [9.17, 15) is 14.4 Å². The van der Waals surface area contributed by atoms with Crippen molar-refractivity contribution in [2.24, 2.45) is 0 Å². The summed E-state index contributed by atoms with van der Waals surface area (Å²) < 4.78 is 16.6. The van der Waals surface area contributed by atoms with Crippen LogP contribution in [0.3, 0.4) is 0 Å². The number of hydrogen-bond acceptors (Lipinski definition) is 6. The van der Waals surface area contributed by atoms with Crippen molar-refractivity contribution >= 4 is 17.9 Å². The lowest BCUT2D eigenvalue weighted by Gasteiger charge is -2.18. The molecule has 0 amide bonds. The predicted molar refractivity (Wildman–Crippen MR) is 228 cm³/mol. The van der Waals surface area contributed by atoms with E-state index in [1.807, 2.05) is 12.2 Å². The fourth-order valence-electron chi connectivity index (χ4n) is 5.67. The highest BCUT2D eigenvalue weighted by atomic mass is 16.6. The fourth-order valence-corrected chi connectivity index (χ4v) is 5.67. The van der Waals surface area contributed by atoms with E-state index >= 15 is 0 Å². The van der Waals surface area contributed by atoms with Gasteiger partial charge in [0, 0.05) is 19.3 Å². The summed E-state index contributed by atoms with van der Waals surface area (Å²) in [6.45, 7) is 6.34. The smallest absolute Gasteiger partial charge is 0.306 e. The minimum atomic E-state index is -0.806. The maximum atomic E-state index is 12.7. The Morgan fingerprint density at radius 3 is 1.31 bits per heavy atom. The number of rotatable bonds is 38. The van der Waals surface area contributed by atoms with Gasteiger partial charge in [-0.25, -0.2) is 0 Å². The number of ether oxygens (including phenoxy) is 3. The Balaban J connectivity index is 4.51. The number of esters is 3. The van der Waals surface area contributed by atoms with Crippen molar-refractivity contribution in [2.75, 3.05) is 13.2 Å². The third-order valence-corrected chi connectivity index (χ3v) is 8.94. The molecule has 0 aliphatic heterocycles. The van der Waals surface area contributed by atoms with Gasteiger partial charge in [-0.05, 0) is 70.6 Å². The third-order valence-electron chi connectivity index (χ3n) is 8.94. The molecule has 0 radical (unpaired) electrons. The maximum Gasteiger partial charge on any atom is 0.306 e. The molecule has 0 rings (SSSR count). The van der Waals surface area contributed by atoms with Crippen molar-refractivity contribution in [3.05, 3.63) is 72.9 Å². The van der Waals surface area contributed by atoms with E-state index in [2.05, 4.69) is 81.5 Å². The average Bonchev–Trinajstić information content (AvgIpc) is 3.17. The highest BCUT2D eigenvalue weighted by Gasteiger charge is 2.19. The molecule has 0 aliphatic carbocycles. The Kier molecular flexibility index (Phi) is 40.1. The van der Waals surface area contributed by atoms with Crippen molar-refractivity contribution in [1.82, 2.24) is 0 Å². The van der Waals surface area contributed by atoms with Crippen LogP contribution in [0.25, 0.3) is 0 Å². The predicted octanol–water partition coefficient (Wildman–Crippen LogP) is 13.9. The maximum absolute atomic E-state index is 12.7. The summed E-state index contributed by atoms with van der Waals surface area (Å²) in [5, 5.41) is 0. The Morgan fingerprint density at radius 1 is 0.389 bits per heavy atom. The van der Waals surface area contributed by atoms with E-state index < -0.39 is 6.10 Å². The van der Waals surface area contributed by atoms with Gasteiger partial charge in [0.25, 0.3) is 0 Å².